The highest BCUT2D eigenvalue weighted by Gasteiger charge is 2.32. The smallest absolute Gasteiger partial charge is 0.317 e. The first kappa shape index (κ1) is 17.8. The fraction of sp³-hybridized carbons (Fsp3) is 0.765. The molecule has 2 amide bonds. The number of aromatic amines is 1. The Labute approximate surface area is 138 Å². The number of carbonyl (C=O) groups excluding carboxylic acids is 1. The van der Waals surface area contributed by atoms with Gasteiger partial charge >= 0.3 is 6.03 Å². The van der Waals surface area contributed by atoms with Crippen molar-refractivity contribution in [3.8, 4) is 0 Å². The number of amides is 2. The third-order valence-electron chi connectivity index (χ3n) is 4.77. The van der Waals surface area contributed by atoms with E-state index in [0.29, 0.717) is 6.54 Å². The lowest BCUT2D eigenvalue weighted by molar-refractivity contribution is 0.147. The molecule has 1 fully saturated rings. The van der Waals surface area contributed by atoms with Crippen molar-refractivity contribution in [1.82, 2.24) is 20.4 Å². The molecule has 23 heavy (non-hydrogen) atoms. The van der Waals surface area contributed by atoms with Crippen molar-refractivity contribution < 1.29 is 9.90 Å². The maximum atomic E-state index is 12.5. The number of carbonyl (C=O) groups is 1. The Balaban J connectivity index is 1.89. The summed E-state index contributed by atoms with van der Waals surface area (Å²) in [5, 5.41) is 19.6. The van der Waals surface area contributed by atoms with Crippen LogP contribution in [0.2, 0.25) is 0 Å². The molecule has 1 atom stereocenters. The number of aryl methyl sites for hydroxylation is 2. The highest BCUT2D eigenvalue weighted by Crippen LogP contribution is 2.34. The van der Waals surface area contributed by atoms with Crippen LogP contribution in [-0.2, 0) is 0 Å². The monoisotopic (exact) mass is 322 g/mol. The minimum absolute atomic E-state index is 0.00862. The number of hydrogen-bond donors (Lipinski definition) is 3. The van der Waals surface area contributed by atoms with Gasteiger partial charge in [-0.05, 0) is 44.9 Å². The summed E-state index contributed by atoms with van der Waals surface area (Å²) in [6.07, 6.45) is 3.79. The second kappa shape index (κ2) is 7.34. The molecule has 3 N–H and O–H groups in total. The zero-order valence-electron chi connectivity index (χ0n) is 14.8. The van der Waals surface area contributed by atoms with Gasteiger partial charge in [0.15, 0.2) is 0 Å². The molecule has 0 bridgehead atoms. The summed E-state index contributed by atoms with van der Waals surface area (Å²) in [7, 11) is 0. The van der Waals surface area contributed by atoms with Crippen LogP contribution in [0.5, 0.6) is 0 Å². The van der Waals surface area contributed by atoms with E-state index < -0.39 is 0 Å². The molecule has 2 heterocycles. The molecule has 6 nitrogen and oxygen atoms in total. The first-order valence-corrected chi connectivity index (χ1v) is 8.52. The molecule has 1 aromatic rings. The van der Waals surface area contributed by atoms with Crippen LogP contribution in [0, 0.1) is 19.3 Å². The second-order valence-corrected chi connectivity index (χ2v) is 7.36. The predicted molar refractivity (Wildman–Crippen MR) is 90.2 cm³/mol. The van der Waals surface area contributed by atoms with Gasteiger partial charge in [0, 0.05) is 31.0 Å². The molecular weight excluding hydrogens is 292 g/mol. The molecule has 1 saturated heterocycles. The number of H-pyrrole nitrogens is 1. The quantitative estimate of drug-likeness (QED) is 0.704. The molecule has 0 aliphatic carbocycles. The van der Waals surface area contributed by atoms with Crippen molar-refractivity contribution in [2.24, 2.45) is 5.41 Å². The van der Waals surface area contributed by atoms with Gasteiger partial charge < -0.3 is 15.3 Å². The van der Waals surface area contributed by atoms with E-state index in [2.05, 4.69) is 15.5 Å². The molecular formula is C17H30N4O2. The summed E-state index contributed by atoms with van der Waals surface area (Å²) >= 11 is 0. The number of hydrogen-bond acceptors (Lipinski definition) is 3. The SMILES string of the molecule is Cc1n[nH]c(C)c1C1CCCN1C(=O)NCCCC(C)(C)CO. The normalized spacial score (nSPS) is 18.5. The Morgan fingerprint density at radius 1 is 1.48 bits per heavy atom. The van der Waals surface area contributed by atoms with Crippen LogP contribution in [0.25, 0.3) is 0 Å². The Morgan fingerprint density at radius 3 is 2.83 bits per heavy atom. The predicted octanol–water partition coefficient (Wildman–Crippen LogP) is 2.67. The summed E-state index contributed by atoms with van der Waals surface area (Å²) in [5.74, 6) is 0. The van der Waals surface area contributed by atoms with Crippen LogP contribution in [-0.4, -0.2) is 45.9 Å². The van der Waals surface area contributed by atoms with Crippen molar-refractivity contribution in [3.05, 3.63) is 17.0 Å². The number of urea groups is 1. The number of nitrogens with one attached hydrogen (secondary N) is 2. The number of aliphatic hydroxyl groups excluding tert-OH is 1. The van der Waals surface area contributed by atoms with E-state index in [0.717, 1.165) is 43.6 Å². The highest BCUT2D eigenvalue weighted by atomic mass is 16.3. The van der Waals surface area contributed by atoms with Gasteiger partial charge in [-0.3, -0.25) is 5.10 Å². The van der Waals surface area contributed by atoms with Gasteiger partial charge in [0.05, 0.1) is 11.7 Å². The average Bonchev–Trinajstić information content (AvgIpc) is 3.10. The number of rotatable bonds is 6. The summed E-state index contributed by atoms with van der Waals surface area (Å²) < 4.78 is 0. The van der Waals surface area contributed by atoms with Crippen LogP contribution in [0.3, 0.4) is 0 Å². The van der Waals surface area contributed by atoms with Gasteiger partial charge in [0.1, 0.15) is 0 Å². The van der Waals surface area contributed by atoms with Crippen molar-refractivity contribution in [2.45, 2.75) is 59.4 Å². The van der Waals surface area contributed by atoms with Crippen LogP contribution >= 0.6 is 0 Å². The van der Waals surface area contributed by atoms with Gasteiger partial charge in [-0.2, -0.15) is 5.10 Å². The molecule has 0 aromatic carbocycles. The molecule has 6 heteroatoms. The number of nitrogens with zero attached hydrogens (tertiary/aromatic N) is 2. The van der Waals surface area contributed by atoms with Crippen LogP contribution in [0.15, 0.2) is 0 Å². The van der Waals surface area contributed by atoms with Crippen LogP contribution in [0.4, 0.5) is 4.79 Å². The maximum absolute atomic E-state index is 12.5. The third-order valence-corrected chi connectivity index (χ3v) is 4.77. The Hall–Kier alpha value is -1.56. The van der Waals surface area contributed by atoms with Crippen molar-refractivity contribution in [2.75, 3.05) is 19.7 Å². The molecule has 0 saturated carbocycles. The number of aliphatic hydroxyl groups is 1. The highest BCUT2D eigenvalue weighted by molar-refractivity contribution is 5.75. The molecule has 2 rings (SSSR count). The van der Waals surface area contributed by atoms with E-state index in [1.807, 2.05) is 32.6 Å². The largest absolute Gasteiger partial charge is 0.396 e. The zero-order valence-corrected chi connectivity index (χ0v) is 14.8. The summed E-state index contributed by atoms with van der Waals surface area (Å²) in [6.45, 7) is 9.70. The lowest BCUT2D eigenvalue weighted by Crippen LogP contribution is -2.40. The lowest BCUT2D eigenvalue weighted by atomic mass is 9.89. The second-order valence-electron chi connectivity index (χ2n) is 7.36. The minimum Gasteiger partial charge on any atom is -0.396 e. The van der Waals surface area contributed by atoms with Gasteiger partial charge in [-0.25, -0.2) is 4.79 Å². The molecule has 1 aliphatic rings. The van der Waals surface area contributed by atoms with Crippen LogP contribution < -0.4 is 5.32 Å². The molecule has 1 aliphatic heterocycles. The topological polar surface area (TPSA) is 81.2 Å². The first-order valence-electron chi connectivity index (χ1n) is 8.52. The van der Waals surface area contributed by atoms with E-state index in [9.17, 15) is 9.90 Å². The average molecular weight is 322 g/mol. The summed E-state index contributed by atoms with van der Waals surface area (Å²) in [5.41, 5.74) is 3.12. The molecule has 0 radical (unpaired) electrons. The Morgan fingerprint density at radius 2 is 2.22 bits per heavy atom. The van der Waals surface area contributed by atoms with Gasteiger partial charge in [-0.1, -0.05) is 13.8 Å². The van der Waals surface area contributed by atoms with Crippen molar-refractivity contribution in [1.29, 1.82) is 0 Å². The minimum atomic E-state index is -0.0775. The fourth-order valence-corrected chi connectivity index (χ4v) is 3.30. The van der Waals surface area contributed by atoms with Crippen LogP contribution in [0.1, 0.15) is 62.5 Å². The van der Waals surface area contributed by atoms with E-state index in [-0.39, 0.29) is 24.1 Å². The number of aromatic nitrogens is 2. The molecule has 0 spiro atoms. The van der Waals surface area contributed by atoms with Crippen molar-refractivity contribution in [3.63, 3.8) is 0 Å². The van der Waals surface area contributed by atoms with E-state index >= 15 is 0 Å². The molecule has 1 unspecified atom stereocenters. The molecule has 1 aromatic heterocycles. The van der Waals surface area contributed by atoms with E-state index in [4.69, 9.17) is 0 Å². The Bertz CT molecular complexity index is 519. The summed E-state index contributed by atoms with van der Waals surface area (Å²) in [6, 6.07) is 0.136. The lowest BCUT2D eigenvalue weighted by Gasteiger charge is -2.26. The number of likely N-dealkylation sites (tertiary alicyclic amines) is 1. The van der Waals surface area contributed by atoms with Gasteiger partial charge in [-0.15, -0.1) is 0 Å². The van der Waals surface area contributed by atoms with Crippen molar-refractivity contribution >= 4 is 6.03 Å². The first-order chi connectivity index (χ1) is 10.9. The fourth-order valence-electron chi connectivity index (χ4n) is 3.30. The van der Waals surface area contributed by atoms with Gasteiger partial charge in [0.2, 0.25) is 0 Å². The third kappa shape index (κ3) is 4.25. The maximum Gasteiger partial charge on any atom is 0.317 e. The van der Waals surface area contributed by atoms with Gasteiger partial charge in [0.25, 0.3) is 0 Å². The van der Waals surface area contributed by atoms with E-state index in [1.165, 1.54) is 5.56 Å². The zero-order chi connectivity index (χ0) is 17.0. The Kier molecular flexibility index (Phi) is 5.68. The standard InChI is InChI=1S/C17H30N4O2/c1-12-15(13(2)20-19-12)14-7-5-10-21(14)16(23)18-9-6-8-17(3,4)11-22/h14,22H,5-11H2,1-4H3,(H,18,23)(H,19,20). The van der Waals surface area contributed by atoms with E-state index in [1.54, 1.807) is 0 Å². The summed E-state index contributed by atoms with van der Waals surface area (Å²) in [4.78, 5) is 14.4. The molecule has 130 valence electrons.